The van der Waals surface area contributed by atoms with Gasteiger partial charge in [0.2, 0.25) is 0 Å². The summed E-state index contributed by atoms with van der Waals surface area (Å²) in [6.45, 7) is 1.80. The van der Waals surface area contributed by atoms with Gasteiger partial charge in [-0.2, -0.15) is 0 Å². The van der Waals surface area contributed by atoms with Crippen LogP contribution < -0.4 is 4.74 Å². The lowest BCUT2D eigenvalue weighted by molar-refractivity contribution is 0.0524. The van der Waals surface area contributed by atoms with E-state index in [0.717, 1.165) is 6.07 Å². The number of ether oxygens (including phenoxy) is 2. The number of hydrogen-bond donors (Lipinski definition) is 0. The molecule has 0 bridgehead atoms. The van der Waals surface area contributed by atoms with E-state index < -0.39 is 35.0 Å². The summed E-state index contributed by atoms with van der Waals surface area (Å²) in [5.41, 5.74) is -0.631. The molecule has 0 amide bonds. The molecule has 0 radical (unpaired) electrons. The van der Waals surface area contributed by atoms with E-state index in [0.29, 0.717) is 6.07 Å². The average molecular weight is 324 g/mol. The van der Waals surface area contributed by atoms with Gasteiger partial charge in [0.1, 0.15) is 5.75 Å². The van der Waals surface area contributed by atoms with Crippen LogP contribution in [0.2, 0.25) is 0 Å². The maximum atomic E-state index is 13.5. The van der Waals surface area contributed by atoms with Gasteiger partial charge in [-0.1, -0.05) is 6.07 Å². The van der Waals surface area contributed by atoms with Gasteiger partial charge in [0.25, 0.3) is 0 Å². The Bertz CT molecular complexity index is 759. The van der Waals surface area contributed by atoms with E-state index in [4.69, 9.17) is 9.47 Å². The molecule has 0 atom stereocenters. The normalized spacial score (nSPS) is 10.3. The van der Waals surface area contributed by atoms with Gasteiger partial charge >= 0.3 is 11.9 Å². The van der Waals surface area contributed by atoms with Gasteiger partial charge in [-0.05, 0) is 37.3 Å². The monoisotopic (exact) mass is 324 g/mol. The maximum Gasteiger partial charge on any atom is 0.346 e. The summed E-state index contributed by atoms with van der Waals surface area (Å²) in [6.07, 6.45) is 0. The Labute approximate surface area is 129 Å². The van der Waals surface area contributed by atoms with E-state index in [1.54, 1.807) is 6.92 Å². The average Bonchev–Trinajstić information content (AvgIpc) is 2.53. The molecule has 23 heavy (non-hydrogen) atoms. The molecule has 0 aliphatic rings. The van der Waals surface area contributed by atoms with Gasteiger partial charge in [-0.15, -0.1) is 0 Å². The Morgan fingerprint density at radius 1 is 1.00 bits per heavy atom. The molecule has 0 saturated carbocycles. The SMILES string of the molecule is CCOC(=O)c1cccc(OC(=O)c2ccc(F)c(F)c2F)c1. The Morgan fingerprint density at radius 3 is 2.43 bits per heavy atom. The van der Waals surface area contributed by atoms with Crippen molar-refractivity contribution in [3.05, 3.63) is 65.0 Å². The molecule has 7 heteroatoms. The van der Waals surface area contributed by atoms with Crippen molar-refractivity contribution < 1.29 is 32.2 Å². The van der Waals surface area contributed by atoms with Gasteiger partial charge in [-0.3, -0.25) is 0 Å². The predicted octanol–water partition coefficient (Wildman–Crippen LogP) is 3.50. The first-order valence-corrected chi connectivity index (χ1v) is 6.57. The topological polar surface area (TPSA) is 52.6 Å². The van der Waals surface area contributed by atoms with E-state index in [-0.39, 0.29) is 17.9 Å². The second-order valence-electron chi connectivity index (χ2n) is 4.36. The Balaban J connectivity index is 2.23. The minimum absolute atomic E-state index is 0.0651. The summed E-state index contributed by atoms with van der Waals surface area (Å²) < 4.78 is 49.2. The first-order chi connectivity index (χ1) is 10.9. The molecule has 0 saturated heterocycles. The molecule has 0 spiro atoms. The molecule has 0 fully saturated rings. The third-order valence-electron chi connectivity index (χ3n) is 2.81. The first-order valence-electron chi connectivity index (χ1n) is 6.57. The number of hydrogen-bond acceptors (Lipinski definition) is 4. The third kappa shape index (κ3) is 3.68. The second kappa shape index (κ2) is 6.95. The standard InChI is InChI=1S/C16H11F3O4/c1-2-22-15(20)9-4-3-5-10(8-9)23-16(21)11-6-7-12(17)14(19)13(11)18/h3-8H,2H2,1H3. The predicted molar refractivity (Wildman–Crippen MR) is 73.7 cm³/mol. The molecular formula is C16H11F3O4. The van der Waals surface area contributed by atoms with Crippen LogP contribution in [-0.2, 0) is 4.74 Å². The largest absolute Gasteiger partial charge is 0.462 e. The van der Waals surface area contributed by atoms with E-state index in [1.165, 1.54) is 24.3 Å². The van der Waals surface area contributed by atoms with Gasteiger partial charge in [-0.25, -0.2) is 22.8 Å². The summed E-state index contributed by atoms with van der Waals surface area (Å²) in [5, 5.41) is 0. The van der Waals surface area contributed by atoms with Crippen LogP contribution in [0.4, 0.5) is 13.2 Å². The molecule has 0 aromatic heterocycles. The quantitative estimate of drug-likeness (QED) is 0.491. The number of carbonyl (C=O) groups excluding carboxylic acids is 2. The number of esters is 2. The van der Waals surface area contributed by atoms with Crippen LogP contribution in [0.5, 0.6) is 5.75 Å². The molecule has 0 N–H and O–H groups in total. The zero-order valence-electron chi connectivity index (χ0n) is 11.9. The van der Waals surface area contributed by atoms with Crippen molar-refractivity contribution in [2.75, 3.05) is 6.61 Å². The molecule has 0 aliphatic carbocycles. The van der Waals surface area contributed by atoms with E-state index >= 15 is 0 Å². The maximum absolute atomic E-state index is 13.5. The second-order valence-corrected chi connectivity index (χ2v) is 4.36. The summed E-state index contributed by atoms with van der Waals surface area (Å²) in [7, 11) is 0. The van der Waals surface area contributed by atoms with Gasteiger partial charge in [0.15, 0.2) is 17.5 Å². The minimum Gasteiger partial charge on any atom is -0.462 e. The molecule has 0 aliphatic heterocycles. The van der Waals surface area contributed by atoms with Gasteiger partial charge in [0.05, 0.1) is 17.7 Å². The number of carbonyl (C=O) groups is 2. The van der Waals surface area contributed by atoms with Crippen LogP contribution in [0.25, 0.3) is 0 Å². The van der Waals surface area contributed by atoms with Gasteiger partial charge < -0.3 is 9.47 Å². The van der Waals surface area contributed by atoms with Crippen LogP contribution in [-0.4, -0.2) is 18.5 Å². The highest BCUT2D eigenvalue weighted by molar-refractivity contribution is 5.92. The lowest BCUT2D eigenvalue weighted by atomic mass is 10.2. The summed E-state index contributed by atoms with van der Waals surface area (Å²) in [6, 6.07) is 6.81. The van der Waals surface area contributed by atoms with Gasteiger partial charge in [0, 0.05) is 0 Å². The lowest BCUT2D eigenvalue weighted by Crippen LogP contribution is -2.13. The van der Waals surface area contributed by atoms with Crippen molar-refractivity contribution in [2.45, 2.75) is 6.92 Å². The molecule has 2 rings (SSSR count). The van der Waals surface area contributed by atoms with Crippen LogP contribution in [0.1, 0.15) is 27.6 Å². The Kier molecular flexibility index (Phi) is 5.00. The number of halogens is 3. The Morgan fingerprint density at radius 2 is 1.74 bits per heavy atom. The molecular weight excluding hydrogens is 313 g/mol. The highest BCUT2D eigenvalue weighted by Crippen LogP contribution is 2.19. The van der Waals surface area contributed by atoms with Crippen molar-refractivity contribution >= 4 is 11.9 Å². The fourth-order valence-electron chi connectivity index (χ4n) is 1.75. The zero-order chi connectivity index (χ0) is 17.0. The summed E-state index contributed by atoms with van der Waals surface area (Å²) in [5.74, 6) is -6.73. The van der Waals surface area contributed by atoms with Crippen molar-refractivity contribution in [3.8, 4) is 5.75 Å². The molecule has 0 heterocycles. The minimum atomic E-state index is -1.76. The first kappa shape index (κ1) is 16.5. The van der Waals surface area contributed by atoms with Crippen LogP contribution in [0.15, 0.2) is 36.4 Å². The van der Waals surface area contributed by atoms with E-state index in [9.17, 15) is 22.8 Å². The highest BCUT2D eigenvalue weighted by atomic mass is 19.2. The van der Waals surface area contributed by atoms with Crippen LogP contribution in [0.3, 0.4) is 0 Å². The third-order valence-corrected chi connectivity index (χ3v) is 2.81. The van der Waals surface area contributed by atoms with E-state index in [1.807, 2.05) is 0 Å². The molecule has 4 nitrogen and oxygen atoms in total. The van der Waals surface area contributed by atoms with Crippen molar-refractivity contribution in [3.63, 3.8) is 0 Å². The molecule has 2 aromatic rings. The van der Waals surface area contributed by atoms with Crippen molar-refractivity contribution in [1.82, 2.24) is 0 Å². The van der Waals surface area contributed by atoms with Crippen LogP contribution in [0, 0.1) is 17.5 Å². The van der Waals surface area contributed by atoms with Crippen molar-refractivity contribution in [2.24, 2.45) is 0 Å². The van der Waals surface area contributed by atoms with Crippen molar-refractivity contribution in [1.29, 1.82) is 0 Å². The molecule has 120 valence electrons. The Hall–Kier alpha value is -2.83. The number of benzene rings is 2. The number of rotatable bonds is 4. The lowest BCUT2D eigenvalue weighted by Gasteiger charge is -2.07. The van der Waals surface area contributed by atoms with E-state index in [2.05, 4.69) is 0 Å². The fourth-order valence-corrected chi connectivity index (χ4v) is 1.75. The highest BCUT2D eigenvalue weighted by Gasteiger charge is 2.20. The van der Waals surface area contributed by atoms with Crippen LogP contribution >= 0.6 is 0 Å². The molecule has 0 unspecified atom stereocenters. The fraction of sp³-hybridized carbons (Fsp3) is 0.125. The summed E-state index contributed by atoms with van der Waals surface area (Å²) in [4.78, 5) is 23.4. The molecule has 2 aromatic carbocycles. The summed E-state index contributed by atoms with van der Waals surface area (Å²) >= 11 is 0. The zero-order valence-corrected chi connectivity index (χ0v) is 11.9. The smallest absolute Gasteiger partial charge is 0.346 e.